The van der Waals surface area contributed by atoms with Crippen LogP contribution in [0.2, 0.25) is 0 Å². The smallest absolute Gasteiger partial charge is 0.372 e. The molecule has 2 aromatic rings. The van der Waals surface area contributed by atoms with E-state index in [1.807, 2.05) is 0 Å². The first-order valence-electron chi connectivity index (χ1n) is 5.56. The fourth-order valence-electron chi connectivity index (χ4n) is 1.70. The average molecular weight is 258 g/mol. The van der Waals surface area contributed by atoms with Gasteiger partial charge in [-0.25, -0.2) is 9.59 Å². The number of H-pyrrole nitrogens is 1. The molecule has 1 aromatic heterocycles. The summed E-state index contributed by atoms with van der Waals surface area (Å²) in [6.07, 6.45) is 4.08. The number of aromatic nitrogens is 1. The molecule has 2 rings (SSSR count). The fraction of sp³-hybridized carbons (Fsp3) is 0.167. The van der Waals surface area contributed by atoms with Crippen LogP contribution in [0.3, 0.4) is 0 Å². The highest BCUT2D eigenvalue weighted by Crippen LogP contribution is 2.13. The van der Waals surface area contributed by atoms with Crippen LogP contribution in [0, 0.1) is 0 Å². The van der Waals surface area contributed by atoms with E-state index in [0.29, 0.717) is 29.4 Å². The number of benzene rings is 1. The van der Waals surface area contributed by atoms with Crippen molar-refractivity contribution in [2.75, 3.05) is 6.54 Å². The van der Waals surface area contributed by atoms with Crippen molar-refractivity contribution in [1.29, 1.82) is 0 Å². The Morgan fingerprint density at radius 1 is 1.42 bits per heavy atom. The van der Waals surface area contributed by atoms with Crippen molar-refractivity contribution in [1.82, 2.24) is 4.98 Å². The Balaban J connectivity index is 2.41. The third-order valence-electron chi connectivity index (χ3n) is 2.48. The molecule has 96 valence electrons. The number of nitrogens with one attached hydrogen (secondary N) is 1. The van der Waals surface area contributed by atoms with E-state index in [1.54, 1.807) is 30.4 Å². The summed E-state index contributed by atoms with van der Waals surface area (Å²) in [7, 11) is 0. The van der Waals surface area contributed by atoms with E-state index in [2.05, 4.69) is 19.4 Å². The van der Waals surface area contributed by atoms with Gasteiger partial charge in [0.05, 0.1) is 10.9 Å². The van der Waals surface area contributed by atoms with E-state index in [1.165, 1.54) is 0 Å². The Morgan fingerprint density at radius 3 is 3.05 bits per heavy atom. The van der Waals surface area contributed by atoms with Crippen molar-refractivity contribution >= 4 is 17.0 Å². The third kappa shape index (κ3) is 2.91. The molecule has 0 atom stereocenters. The SMILES string of the molecule is [N-]=[N+]=NCCC=Cc1cccc2[nH]c(=O)oc(=O)c12. The summed E-state index contributed by atoms with van der Waals surface area (Å²) in [5.41, 5.74) is 8.53. The molecule has 0 fully saturated rings. The summed E-state index contributed by atoms with van der Waals surface area (Å²) < 4.78 is 4.51. The van der Waals surface area contributed by atoms with Crippen molar-refractivity contribution in [3.8, 4) is 0 Å². The summed E-state index contributed by atoms with van der Waals surface area (Å²) in [5, 5.41) is 3.72. The van der Waals surface area contributed by atoms with Gasteiger partial charge in [0.25, 0.3) is 0 Å². The molecule has 0 unspecified atom stereocenters. The van der Waals surface area contributed by atoms with Crippen molar-refractivity contribution in [3.05, 3.63) is 61.3 Å². The van der Waals surface area contributed by atoms with Crippen molar-refractivity contribution < 1.29 is 4.42 Å². The molecule has 1 heterocycles. The van der Waals surface area contributed by atoms with Gasteiger partial charge < -0.3 is 4.42 Å². The minimum atomic E-state index is -0.776. The van der Waals surface area contributed by atoms with Gasteiger partial charge >= 0.3 is 11.4 Å². The summed E-state index contributed by atoms with van der Waals surface area (Å²) in [6.45, 7) is 0.350. The average Bonchev–Trinajstić information content (AvgIpc) is 2.37. The van der Waals surface area contributed by atoms with E-state index >= 15 is 0 Å². The molecule has 1 aromatic carbocycles. The molecule has 19 heavy (non-hydrogen) atoms. The first kappa shape index (κ1) is 12.7. The molecule has 0 aliphatic heterocycles. The molecule has 0 saturated heterocycles. The van der Waals surface area contributed by atoms with Gasteiger partial charge in [-0.2, -0.15) is 0 Å². The second kappa shape index (κ2) is 5.70. The standard InChI is InChI=1S/C12H10N4O3/c13-16-14-7-2-1-4-8-5-3-6-9-10(8)11(17)19-12(18)15-9/h1,3-6H,2,7H2,(H,15,18). The molecule has 0 amide bonds. The number of azide groups is 1. The predicted molar refractivity (Wildman–Crippen MR) is 70.8 cm³/mol. The highest BCUT2D eigenvalue weighted by Gasteiger charge is 2.05. The number of rotatable bonds is 4. The number of hydrogen-bond acceptors (Lipinski definition) is 4. The van der Waals surface area contributed by atoms with Crippen LogP contribution in [0.1, 0.15) is 12.0 Å². The minimum absolute atomic E-state index is 0.321. The van der Waals surface area contributed by atoms with Crippen LogP contribution in [-0.2, 0) is 0 Å². The maximum Gasteiger partial charge on any atom is 0.419 e. The van der Waals surface area contributed by atoms with Crippen LogP contribution in [0.15, 0.2) is 43.4 Å². The lowest BCUT2D eigenvalue weighted by atomic mass is 10.1. The quantitative estimate of drug-likeness (QED) is 0.392. The zero-order valence-electron chi connectivity index (χ0n) is 9.87. The lowest BCUT2D eigenvalue weighted by Crippen LogP contribution is -2.15. The van der Waals surface area contributed by atoms with Gasteiger partial charge in [-0.1, -0.05) is 29.4 Å². The highest BCUT2D eigenvalue weighted by atomic mass is 16.4. The summed E-state index contributed by atoms with van der Waals surface area (Å²) in [5.74, 6) is -0.776. The normalized spacial score (nSPS) is 10.7. The Labute approximate surface area is 106 Å². The second-order valence-corrected chi connectivity index (χ2v) is 3.72. The Kier molecular flexibility index (Phi) is 3.80. The predicted octanol–water partition coefficient (Wildman–Crippen LogP) is 2.19. The van der Waals surface area contributed by atoms with Crippen LogP contribution < -0.4 is 11.4 Å². The van der Waals surface area contributed by atoms with Gasteiger partial charge in [-0.15, -0.1) is 0 Å². The molecule has 0 saturated carbocycles. The second-order valence-electron chi connectivity index (χ2n) is 3.72. The summed E-state index contributed by atoms with van der Waals surface area (Å²) in [4.78, 5) is 27.8. The minimum Gasteiger partial charge on any atom is -0.372 e. The fourth-order valence-corrected chi connectivity index (χ4v) is 1.70. The van der Waals surface area contributed by atoms with Gasteiger partial charge in [0.2, 0.25) is 0 Å². The monoisotopic (exact) mass is 258 g/mol. The van der Waals surface area contributed by atoms with Crippen LogP contribution in [-0.4, -0.2) is 11.5 Å². The number of hydrogen-bond donors (Lipinski definition) is 1. The largest absolute Gasteiger partial charge is 0.419 e. The van der Waals surface area contributed by atoms with Gasteiger partial charge in [0.15, 0.2) is 0 Å². The Bertz CT molecular complexity index is 781. The van der Waals surface area contributed by atoms with E-state index in [4.69, 9.17) is 5.53 Å². The first-order valence-corrected chi connectivity index (χ1v) is 5.56. The molecule has 0 aliphatic rings. The molecular formula is C12H10N4O3. The van der Waals surface area contributed by atoms with Gasteiger partial charge in [0.1, 0.15) is 0 Å². The van der Waals surface area contributed by atoms with E-state index in [-0.39, 0.29) is 0 Å². The van der Waals surface area contributed by atoms with Gasteiger partial charge in [-0.05, 0) is 23.6 Å². The maximum atomic E-state index is 11.7. The molecule has 1 N–H and O–H groups in total. The zero-order chi connectivity index (χ0) is 13.7. The van der Waals surface area contributed by atoms with Crippen LogP contribution in [0.5, 0.6) is 0 Å². The lowest BCUT2D eigenvalue weighted by molar-refractivity contribution is 0.460. The molecule has 7 heteroatoms. The van der Waals surface area contributed by atoms with Gasteiger partial charge in [0, 0.05) is 11.5 Å². The Morgan fingerprint density at radius 2 is 2.26 bits per heavy atom. The zero-order valence-corrected chi connectivity index (χ0v) is 9.87. The van der Waals surface area contributed by atoms with Crippen molar-refractivity contribution in [2.24, 2.45) is 5.11 Å². The number of fused-ring (bicyclic) bond motifs is 1. The van der Waals surface area contributed by atoms with Crippen molar-refractivity contribution in [2.45, 2.75) is 6.42 Å². The summed E-state index contributed by atoms with van der Waals surface area (Å²) >= 11 is 0. The molecule has 0 aliphatic carbocycles. The lowest BCUT2D eigenvalue weighted by Gasteiger charge is -1.99. The first-order chi connectivity index (χ1) is 9.22. The molecule has 0 spiro atoms. The van der Waals surface area contributed by atoms with Crippen LogP contribution in [0.4, 0.5) is 0 Å². The van der Waals surface area contributed by atoms with E-state index in [9.17, 15) is 9.59 Å². The molecular weight excluding hydrogens is 248 g/mol. The molecule has 0 bridgehead atoms. The number of nitrogens with zero attached hydrogens (tertiary/aromatic N) is 3. The third-order valence-corrected chi connectivity index (χ3v) is 2.48. The highest BCUT2D eigenvalue weighted by molar-refractivity contribution is 5.86. The van der Waals surface area contributed by atoms with E-state index in [0.717, 1.165) is 0 Å². The van der Waals surface area contributed by atoms with E-state index < -0.39 is 11.4 Å². The number of aromatic amines is 1. The Hall–Kier alpha value is -2.79. The topological polar surface area (TPSA) is 112 Å². The molecule has 7 nitrogen and oxygen atoms in total. The molecule has 0 radical (unpaired) electrons. The van der Waals surface area contributed by atoms with Crippen LogP contribution in [0.25, 0.3) is 27.4 Å². The maximum absolute atomic E-state index is 11.7. The van der Waals surface area contributed by atoms with Crippen LogP contribution >= 0.6 is 0 Å². The van der Waals surface area contributed by atoms with Gasteiger partial charge in [-0.3, -0.25) is 4.98 Å². The van der Waals surface area contributed by atoms with Crippen molar-refractivity contribution in [3.63, 3.8) is 0 Å². The summed E-state index contributed by atoms with van der Waals surface area (Å²) in [6, 6.07) is 5.09.